The number of benzene rings is 1. The predicted molar refractivity (Wildman–Crippen MR) is 108 cm³/mol. The lowest BCUT2D eigenvalue weighted by Gasteiger charge is -2.32. The highest BCUT2D eigenvalue weighted by Gasteiger charge is 2.27. The van der Waals surface area contributed by atoms with Crippen LogP contribution in [-0.2, 0) is 11.3 Å². The topological polar surface area (TPSA) is 75.2 Å². The minimum Gasteiger partial charge on any atom is -0.348 e. The van der Waals surface area contributed by atoms with Gasteiger partial charge in [-0.05, 0) is 37.5 Å². The van der Waals surface area contributed by atoms with Crippen molar-refractivity contribution in [3.8, 4) is 0 Å². The Morgan fingerprint density at radius 1 is 1.21 bits per heavy atom. The van der Waals surface area contributed by atoms with Gasteiger partial charge in [0.15, 0.2) is 0 Å². The first kappa shape index (κ1) is 20.9. The van der Waals surface area contributed by atoms with Crippen molar-refractivity contribution >= 4 is 11.8 Å². The normalized spacial score (nSPS) is 14.9. The van der Waals surface area contributed by atoms with Crippen LogP contribution in [0.4, 0.5) is 4.39 Å². The number of amides is 2. The Kier molecular flexibility index (Phi) is 6.56. The molecule has 0 bridgehead atoms. The molecule has 0 spiro atoms. The first-order chi connectivity index (χ1) is 13.8. The summed E-state index contributed by atoms with van der Waals surface area (Å²) in [5.74, 6) is 0.567. The van der Waals surface area contributed by atoms with E-state index in [4.69, 9.17) is 0 Å². The maximum atomic E-state index is 13.0. The maximum absolute atomic E-state index is 13.0. The van der Waals surface area contributed by atoms with Crippen LogP contribution in [0.15, 0.2) is 30.5 Å². The molecular formula is C22H27FN4O2. The zero-order valence-corrected chi connectivity index (χ0v) is 17.1. The van der Waals surface area contributed by atoms with Crippen LogP contribution >= 0.6 is 0 Å². The summed E-state index contributed by atoms with van der Waals surface area (Å²) < 4.78 is 13.0. The van der Waals surface area contributed by atoms with E-state index in [2.05, 4.69) is 15.3 Å². The van der Waals surface area contributed by atoms with Crippen LogP contribution in [0.25, 0.3) is 0 Å². The number of nitrogens with one attached hydrogen (secondary N) is 1. The van der Waals surface area contributed by atoms with Gasteiger partial charge in [-0.2, -0.15) is 0 Å². The van der Waals surface area contributed by atoms with E-state index in [1.54, 1.807) is 25.3 Å². The summed E-state index contributed by atoms with van der Waals surface area (Å²) in [5, 5.41) is 2.82. The van der Waals surface area contributed by atoms with Crippen molar-refractivity contribution in [1.82, 2.24) is 20.2 Å². The van der Waals surface area contributed by atoms with Crippen molar-refractivity contribution in [3.05, 3.63) is 58.9 Å². The van der Waals surface area contributed by atoms with Crippen LogP contribution in [0.2, 0.25) is 0 Å². The lowest BCUT2D eigenvalue weighted by Crippen LogP contribution is -2.40. The van der Waals surface area contributed by atoms with Crippen LogP contribution in [0.3, 0.4) is 0 Å². The molecule has 1 aromatic heterocycles. The molecule has 3 rings (SSSR count). The predicted octanol–water partition coefficient (Wildman–Crippen LogP) is 3.22. The minimum atomic E-state index is -0.306. The number of aryl methyl sites for hydroxylation is 1. The van der Waals surface area contributed by atoms with Crippen molar-refractivity contribution in [2.75, 3.05) is 13.1 Å². The molecule has 2 amide bonds. The molecule has 2 aromatic rings. The Labute approximate surface area is 170 Å². The molecule has 1 aromatic carbocycles. The van der Waals surface area contributed by atoms with Gasteiger partial charge in [0.2, 0.25) is 5.91 Å². The van der Waals surface area contributed by atoms with Gasteiger partial charge in [-0.1, -0.05) is 26.0 Å². The first-order valence-electron chi connectivity index (χ1n) is 10.00. The highest BCUT2D eigenvalue weighted by Crippen LogP contribution is 2.26. The third-order valence-electron chi connectivity index (χ3n) is 5.27. The smallest absolute Gasteiger partial charge is 0.254 e. The van der Waals surface area contributed by atoms with Crippen LogP contribution in [0, 0.1) is 18.7 Å². The zero-order chi connectivity index (χ0) is 21.0. The fraction of sp³-hybridized carbons (Fsp3) is 0.455. The lowest BCUT2D eigenvalue weighted by molar-refractivity contribution is -0.135. The largest absolute Gasteiger partial charge is 0.348 e. The molecule has 154 valence electrons. The Morgan fingerprint density at radius 2 is 1.86 bits per heavy atom. The van der Waals surface area contributed by atoms with E-state index in [1.807, 2.05) is 18.7 Å². The van der Waals surface area contributed by atoms with Gasteiger partial charge in [-0.3, -0.25) is 9.59 Å². The van der Waals surface area contributed by atoms with Crippen molar-refractivity contribution in [2.45, 2.75) is 46.1 Å². The van der Waals surface area contributed by atoms with Crippen LogP contribution in [0.1, 0.15) is 60.0 Å². The molecule has 1 N–H and O–H groups in total. The van der Waals surface area contributed by atoms with E-state index < -0.39 is 0 Å². The van der Waals surface area contributed by atoms with E-state index in [9.17, 15) is 14.0 Å². The number of hydrogen-bond donors (Lipinski definition) is 1. The zero-order valence-electron chi connectivity index (χ0n) is 17.1. The SMILES string of the molecule is Cc1nc(C2CCN(C(=O)C(C)C)CC2)ncc1C(=O)NCc1ccc(F)cc1. The molecule has 7 heteroatoms. The van der Waals surface area contributed by atoms with Gasteiger partial charge in [0.25, 0.3) is 5.91 Å². The van der Waals surface area contributed by atoms with Crippen LogP contribution in [0.5, 0.6) is 0 Å². The van der Waals surface area contributed by atoms with E-state index in [-0.39, 0.29) is 29.5 Å². The second-order valence-electron chi connectivity index (χ2n) is 7.79. The second kappa shape index (κ2) is 9.11. The molecule has 0 unspecified atom stereocenters. The molecular weight excluding hydrogens is 371 g/mol. The summed E-state index contributed by atoms with van der Waals surface area (Å²) in [6.07, 6.45) is 3.23. The summed E-state index contributed by atoms with van der Waals surface area (Å²) in [6, 6.07) is 6.01. The fourth-order valence-corrected chi connectivity index (χ4v) is 3.51. The van der Waals surface area contributed by atoms with Crippen LogP contribution in [-0.4, -0.2) is 39.8 Å². The summed E-state index contributed by atoms with van der Waals surface area (Å²) in [7, 11) is 0. The number of likely N-dealkylation sites (tertiary alicyclic amines) is 1. The third kappa shape index (κ3) is 5.16. The molecule has 2 heterocycles. The van der Waals surface area contributed by atoms with Gasteiger partial charge >= 0.3 is 0 Å². The molecule has 0 radical (unpaired) electrons. The van der Waals surface area contributed by atoms with Crippen molar-refractivity contribution in [2.24, 2.45) is 5.92 Å². The highest BCUT2D eigenvalue weighted by molar-refractivity contribution is 5.94. The van der Waals surface area contributed by atoms with Crippen molar-refractivity contribution in [1.29, 1.82) is 0 Å². The van der Waals surface area contributed by atoms with Gasteiger partial charge in [0, 0.05) is 37.7 Å². The van der Waals surface area contributed by atoms with Gasteiger partial charge in [0.1, 0.15) is 11.6 Å². The number of nitrogens with zero attached hydrogens (tertiary/aromatic N) is 3. The molecule has 6 nitrogen and oxygen atoms in total. The number of rotatable bonds is 5. The molecule has 29 heavy (non-hydrogen) atoms. The minimum absolute atomic E-state index is 0.0118. The average Bonchev–Trinajstić information content (AvgIpc) is 2.72. The van der Waals surface area contributed by atoms with Gasteiger partial charge in [0.05, 0.1) is 11.3 Å². The van der Waals surface area contributed by atoms with E-state index >= 15 is 0 Å². The number of hydrogen-bond acceptors (Lipinski definition) is 4. The van der Waals surface area contributed by atoms with Gasteiger partial charge < -0.3 is 10.2 Å². The summed E-state index contributed by atoms with van der Waals surface area (Å²) >= 11 is 0. The Balaban J connectivity index is 1.59. The summed E-state index contributed by atoms with van der Waals surface area (Å²) in [5.41, 5.74) is 1.88. The molecule has 0 atom stereocenters. The highest BCUT2D eigenvalue weighted by atomic mass is 19.1. The number of carbonyl (C=O) groups excluding carboxylic acids is 2. The summed E-state index contributed by atoms with van der Waals surface area (Å²) in [4.78, 5) is 35.5. The molecule has 1 fully saturated rings. The Bertz CT molecular complexity index is 875. The number of piperidine rings is 1. The quantitative estimate of drug-likeness (QED) is 0.839. The lowest BCUT2D eigenvalue weighted by atomic mass is 9.95. The molecule has 1 saturated heterocycles. The number of carbonyl (C=O) groups is 2. The van der Waals surface area contributed by atoms with E-state index in [1.165, 1.54) is 12.1 Å². The first-order valence-corrected chi connectivity index (χ1v) is 10.00. The average molecular weight is 398 g/mol. The van der Waals surface area contributed by atoms with Gasteiger partial charge in [-0.25, -0.2) is 14.4 Å². The third-order valence-corrected chi connectivity index (χ3v) is 5.27. The summed E-state index contributed by atoms with van der Waals surface area (Å²) in [6.45, 7) is 7.37. The Hall–Kier alpha value is -2.83. The molecule has 1 aliphatic rings. The monoisotopic (exact) mass is 398 g/mol. The standard InChI is InChI=1S/C22H27FN4O2/c1-14(2)22(29)27-10-8-17(9-11-27)20-24-13-19(15(3)26-20)21(28)25-12-16-4-6-18(23)7-5-16/h4-7,13-14,17H,8-12H2,1-3H3,(H,25,28). The number of aromatic nitrogens is 2. The molecule has 0 aliphatic carbocycles. The maximum Gasteiger partial charge on any atom is 0.254 e. The van der Waals surface area contributed by atoms with Crippen molar-refractivity contribution < 1.29 is 14.0 Å². The molecule has 0 saturated carbocycles. The van der Waals surface area contributed by atoms with Crippen LogP contribution < -0.4 is 5.32 Å². The van der Waals surface area contributed by atoms with Gasteiger partial charge in [-0.15, -0.1) is 0 Å². The van der Waals surface area contributed by atoms with Crippen molar-refractivity contribution in [3.63, 3.8) is 0 Å². The fourth-order valence-electron chi connectivity index (χ4n) is 3.51. The Morgan fingerprint density at radius 3 is 2.45 bits per heavy atom. The van der Waals surface area contributed by atoms with E-state index in [0.717, 1.165) is 24.2 Å². The second-order valence-corrected chi connectivity index (χ2v) is 7.79. The number of halogens is 1. The van der Waals surface area contributed by atoms with E-state index in [0.29, 0.717) is 30.9 Å². The molecule has 1 aliphatic heterocycles.